The van der Waals surface area contributed by atoms with Gasteiger partial charge in [0, 0.05) is 17.6 Å². The Bertz CT molecular complexity index is 1010. The fraction of sp³-hybridized carbons (Fsp3) is 0.250. The number of benzene rings is 3. The zero-order valence-corrected chi connectivity index (χ0v) is 20.5. The summed E-state index contributed by atoms with van der Waals surface area (Å²) < 4.78 is 18.0. The molecule has 3 aromatic rings. The minimum absolute atomic E-state index is 0.360. The lowest BCUT2D eigenvalue weighted by Crippen LogP contribution is -2.13. The number of nitrogens with one attached hydrogen (secondary N) is 1. The van der Waals surface area contributed by atoms with Crippen LogP contribution < -0.4 is 19.5 Å². The highest BCUT2D eigenvalue weighted by Gasteiger charge is 2.12. The summed E-state index contributed by atoms with van der Waals surface area (Å²) in [6, 6.07) is 17.4. The fourth-order valence-electron chi connectivity index (χ4n) is 2.97. The summed E-state index contributed by atoms with van der Waals surface area (Å²) in [7, 11) is 1.67. The molecule has 0 aromatic heterocycles. The molecule has 0 amide bonds. The molecule has 3 rings (SSSR count). The summed E-state index contributed by atoms with van der Waals surface area (Å²) in [6.45, 7) is 4.28. The molecule has 3 aromatic carbocycles. The van der Waals surface area contributed by atoms with Gasteiger partial charge in [0.2, 0.25) is 0 Å². The van der Waals surface area contributed by atoms with Crippen molar-refractivity contribution in [3.05, 3.63) is 85.8 Å². The molecule has 0 atom stereocenters. The summed E-state index contributed by atoms with van der Waals surface area (Å²) in [5, 5.41) is 4.49. The largest absolute Gasteiger partial charge is 0.497 e. The standard InChI is InChI=1S/C24H24BrCl2NO3/c1-3-30-23-11-18(14-28-13-16-4-7-19(29-2)8-5-16)20(25)12-24(23)31-15-17-6-9-21(26)22(27)10-17/h4-12,28H,3,13-15H2,1-2H3. The van der Waals surface area contributed by atoms with Crippen molar-refractivity contribution >= 4 is 39.1 Å². The van der Waals surface area contributed by atoms with E-state index in [1.165, 1.54) is 5.56 Å². The lowest BCUT2D eigenvalue weighted by molar-refractivity contribution is 0.269. The molecule has 0 unspecified atom stereocenters. The van der Waals surface area contributed by atoms with Crippen LogP contribution in [0.1, 0.15) is 23.6 Å². The second-order valence-corrected chi connectivity index (χ2v) is 8.48. The van der Waals surface area contributed by atoms with E-state index in [0.29, 0.717) is 41.3 Å². The number of hydrogen-bond donors (Lipinski definition) is 1. The Morgan fingerprint density at radius 1 is 0.839 bits per heavy atom. The first kappa shape index (κ1) is 23.7. The molecule has 0 saturated heterocycles. The molecule has 0 aliphatic heterocycles. The van der Waals surface area contributed by atoms with E-state index in [0.717, 1.165) is 27.9 Å². The van der Waals surface area contributed by atoms with Crippen LogP contribution in [0.3, 0.4) is 0 Å². The van der Waals surface area contributed by atoms with E-state index in [4.69, 9.17) is 37.4 Å². The lowest BCUT2D eigenvalue weighted by atomic mass is 10.1. The van der Waals surface area contributed by atoms with Gasteiger partial charge in [-0.05, 0) is 60.0 Å². The van der Waals surface area contributed by atoms with E-state index in [2.05, 4.69) is 21.2 Å². The topological polar surface area (TPSA) is 39.7 Å². The van der Waals surface area contributed by atoms with Gasteiger partial charge < -0.3 is 19.5 Å². The van der Waals surface area contributed by atoms with Crippen LogP contribution in [0, 0.1) is 0 Å². The van der Waals surface area contributed by atoms with Crippen molar-refractivity contribution in [3.63, 3.8) is 0 Å². The number of halogens is 3. The average molecular weight is 525 g/mol. The second kappa shape index (κ2) is 11.6. The van der Waals surface area contributed by atoms with Gasteiger partial charge in [0.1, 0.15) is 12.4 Å². The van der Waals surface area contributed by atoms with Crippen LogP contribution in [-0.2, 0) is 19.7 Å². The normalized spacial score (nSPS) is 10.7. The molecule has 164 valence electrons. The Hall–Kier alpha value is -1.92. The Balaban J connectivity index is 1.66. The van der Waals surface area contributed by atoms with Crippen molar-refractivity contribution in [2.75, 3.05) is 13.7 Å². The van der Waals surface area contributed by atoms with Crippen LogP contribution in [0.5, 0.6) is 17.2 Å². The van der Waals surface area contributed by atoms with E-state index < -0.39 is 0 Å². The van der Waals surface area contributed by atoms with E-state index in [1.54, 1.807) is 19.2 Å². The van der Waals surface area contributed by atoms with E-state index in [-0.39, 0.29) is 0 Å². The van der Waals surface area contributed by atoms with Gasteiger partial charge in [-0.2, -0.15) is 0 Å². The maximum atomic E-state index is 6.10. The highest BCUT2D eigenvalue weighted by atomic mass is 79.9. The number of methoxy groups -OCH3 is 1. The summed E-state index contributed by atoms with van der Waals surface area (Å²) in [5.74, 6) is 2.22. The monoisotopic (exact) mass is 523 g/mol. The van der Waals surface area contributed by atoms with E-state index >= 15 is 0 Å². The zero-order chi connectivity index (χ0) is 22.2. The Morgan fingerprint density at radius 3 is 2.23 bits per heavy atom. The summed E-state index contributed by atoms with van der Waals surface area (Å²) in [5.41, 5.74) is 3.19. The molecule has 0 fully saturated rings. The van der Waals surface area contributed by atoms with Crippen molar-refractivity contribution in [3.8, 4) is 17.2 Å². The third kappa shape index (κ3) is 6.78. The van der Waals surface area contributed by atoms with E-state index in [1.807, 2.05) is 49.4 Å². The van der Waals surface area contributed by atoms with Crippen LogP contribution in [0.4, 0.5) is 0 Å². The molecule has 0 spiro atoms. The van der Waals surface area contributed by atoms with E-state index in [9.17, 15) is 0 Å². The van der Waals surface area contributed by atoms with Crippen LogP contribution in [-0.4, -0.2) is 13.7 Å². The maximum Gasteiger partial charge on any atom is 0.162 e. The predicted molar refractivity (Wildman–Crippen MR) is 130 cm³/mol. The van der Waals surface area contributed by atoms with Crippen LogP contribution >= 0.6 is 39.1 Å². The van der Waals surface area contributed by atoms with Gasteiger partial charge in [0.05, 0.1) is 23.8 Å². The minimum atomic E-state index is 0.360. The molecule has 0 aliphatic carbocycles. The molecule has 0 radical (unpaired) electrons. The Labute approximate surface area is 201 Å². The fourth-order valence-corrected chi connectivity index (χ4v) is 3.75. The van der Waals surface area contributed by atoms with Crippen LogP contribution in [0.25, 0.3) is 0 Å². The Kier molecular flexibility index (Phi) is 8.90. The van der Waals surface area contributed by atoms with Crippen molar-refractivity contribution in [2.24, 2.45) is 0 Å². The lowest BCUT2D eigenvalue weighted by Gasteiger charge is -2.16. The first-order valence-electron chi connectivity index (χ1n) is 9.85. The smallest absolute Gasteiger partial charge is 0.162 e. The molecule has 1 N–H and O–H groups in total. The Morgan fingerprint density at radius 2 is 1.55 bits per heavy atom. The molecule has 0 saturated carbocycles. The number of rotatable bonds is 10. The maximum absolute atomic E-state index is 6.10. The van der Waals surface area contributed by atoms with Gasteiger partial charge in [0.15, 0.2) is 11.5 Å². The first-order valence-corrected chi connectivity index (χ1v) is 11.4. The van der Waals surface area contributed by atoms with Gasteiger partial charge in [0.25, 0.3) is 0 Å². The van der Waals surface area contributed by atoms with Crippen molar-refractivity contribution in [2.45, 2.75) is 26.6 Å². The zero-order valence-electron chi connectivity index (χ0n) is 17.4. The molecular formula is C24H24BrCl2NO3. The highest BCUT2D eigenvalue weighted by Crippen LogP contribution is 2.35. The third-order valence-electron chi connectivity index (χ3n) is 4.59. The van der Waals surface area contributed by atoms with Gasteiger partial charge in [-0.15, -0.1) is 0 Å². The van der Waals surface area contributed by atoms with Crippen molar-refractivity contribution in [1.29, 1.82) is 0 Å². The highest BCUT2D eigenvalue weighted by molar-refractivity contribution is 9.10. The summed E-state index contributed by atoms with van der Waals surface area (Å²) in [6.07, 6.45) is 0. The number of ether oxygens (including phenoxy) is 3. The third-order valence-corrected chi connectivity index (χ3v) is 6.07. The first-order chi connectivity index (χ1) is 15.0. The molecule has 0 heterocycles. The van der Waals surface area contributed by atoms with Crippen LogP contribution in [0.15, 0.2) is 59.1 Å². The predicted octanol–water partition coefficient (Wildman–Crippen LogP) is 7.03. The van der Waals surface area contributed by atoms with Crippen molar-refractivity contribution < 1.29 is 14.2 Å². The van der Waals surface area contributed by atoms with Crippen molar-refractivity contribution in [1.82, 2.24) is 5.32 Å². The molecule has 4 nitrogen and oxygen atoms in total. The van der Waals surface area contributed by atoms with Crippen LogP contribution in [0.2, 0.25) is 10.0 Å². The average Bonchev–Trinajstić information content (AvgIpc) is 2.77. The molecular weight excluding hydrogens is 501 g/mol. The van der Waals surface area contributed by atoms with Gasteiger partial charge in [-0.1, -0.05) is 57.3 Å². The summed E-state index contributed by atoms with van der Waals surface area (Å²) in [4.78, 5) is 0. The second-order valence-electron chi connectivity index (χ2n) is 6.81. The molecule has 0 bridgehead atoms. The molecule has 31 heavy (non-hydrogen) atoms. The summed E-state index contributed by atoms with van der Waals surface area (Å²) >= 11 is 15.7. The minimum Gasteiger partial charge on any atom is -0.497 e. The molecule has 0 aliphatic rings. The van der Waals surface area contributed by atoms with Gasteiger partial charge >= 0.3 is 0 Å². The van der Waals surface area contributed by atoms with Gasteiger partial charge in [-0.25, -0.2) is 0 Å². The number of hydrogen-bond acceptors (Lipinski definition) is 4. The quantitative estimate of drug-likeness (QED) is 0.309. The molecule has 7 heteroatoms. The SMILES string of the molecule is CCOc1cc(CNCc2ccc(OC)cc2)c(Br)cc1OCc1ccc(Cl)c(Cl)c1. The van der Waals surface area contributed by atoms with Gasteiger partial charge in [-0.3, -0.25) is 0 Å².